The molecule has 2 amide bonds. The highest BCUT2D eigenvalue weighted by Crippen LogP contribution is 2.19. The van der Waals surface area contributed by atoms with E-state index in [4.69, 9.17) is 0 Å². The third-order valence-electron chi connectivity index (χ3n) is 3.45. The molecule has 0 aromatic heterocycles. The van der Waals surface area contributed by atoms with Crippen LogP contribution in [0.5, 0.6) is 0 Å². The number of benzene rings is 2. The molecule has 2 rings (SSSR count). The SMILES string of the molecule is Cc1ccc(C(=O)Nc2ccc(NC(=O)CC(C)C)cc2)cc1Br. The second-order valence-corrected chi connectivity index (χ2v) is 7.00. The number of hydrogen-bond acceptors (Lipinski definition) is 2. The molecule has 2 N–H and O–H groups in total. The normalized spacial score (nSPS) is 10.5. The maximum atomic E-state index is 12.3. The molecule has 0 radical (unpaired) electrons. The summed E-state index contributed by atoms with van der Waals surface area (Å²) in [6.07, 6.45) is 0.487. The molecule has 0 fully saturated rings. The molecular formula is C19H21BrN2O2. The van der Waals surface area contributed by atoms with Crippen molar-refractivity contribution < 1.29 is 9.59 Å². The first-order chi connectivity index (χ1) is 11.3. The number of nitrogens with one attached hydrogen (secondary N) is 2. The van der Waals surface area contributed by atoms with Crippen LogP contribution in [0.4, 0.5) is 11.4 Å². The zero-order valence-corrected chi connectivity index (χ0v) is 15.6. The lowest BCUT2D eigenvalue weighted by atomic mass is 10.1. The molecule has 0 atom stereocenters. The zero-order valence-electron chi connectivity index (χ0n) is 14.0. The summed E-state index contributed by atoms with van der Waals surface area (Å²) in [4.78, 5) is 24.0. The van der Waals surface area contributed by atoms with Crippen LogP contribution in [0, 0.1) is 12.8 Å². The molecule has 0 aliphatic carbocycles. The molecule has 0 aliphatic heterocycles. The predicted octanol–water partition coefficient (Wildman–Crippen LogP) is 4.99. The van der Waals surface area contributed by atoms with E-state index in [2.05, 4.69) is 26.6 Å². The van der Waals surface area contributed by atoms with E-state index in [0.717, 1.165) is 15.7 Å². The Kier molecular flexibility index (Phi) is 6.15. The largest absolute Gasteiger partial charge is 0.326 e. The molecular weight excluding hydrogens is 368 g/mol. The lowest BCUT2D eigenvalue weighted by molar-refractivity contribution is -0.116. The molecule has 0 saturated carbocycles. The summed E-state index contributed by atoms with van der Waals surface area (Å²) >= 11 is 3.43. The Morgan fingerprint density at radius 3 is 2.12 bits per heavy atom. The number of halogens is 1. The van der Waals surface area contributed by atoms with Gasteiger partial charge in [-0.05, 0) is 54.8 Å². The second kappa shape index (κ2) is 8.11. The Hall–Kier alpha value is -2.14. The zero-order chi connectivity index (χ0) is 17.7. The standard InChI is InChI=1S/C19H21BrN2O2/c1-12(2)10-18(23)21-15-6-8-16(9-7-15)22-19(24)14-5-4-13(3)17(20)11-14/h4-9,11-12H,10H2,1-3H3,(H,21,23)(H,22,24). The van der Waals surface area contributed by atoms with Crippen LogP contribution in [0.2, 0.25) is 0 Å². The molecule has 2 aromatic rings. The average molecular weight is 389 g/mol. The van der Waals surface area contributed by atoms with Crippen molar-refractivity contribution in [3.63, 3.8) is 0 Å². The second-order valence-electron chi connectivity index (χ2n) is 6.14. The third-order valence-corrected chi connectivity index (χ3v) is 4.31. The number of aryl methyl sites for hydroxylation is 1. The van der Waals surface area contributed by atoms with Crippen molar-refractivity contribution in [1.29, 1.82) is 0 Å². The summed E-state index contributed by atoms with van der Waals surface area (Å²) in [6, 6.07) is 12.6. The van der Waals surface area contributed by atoms with Crippen molar-refractivity contribution in [2.24, 2.45) is 5.92 Å². The van der Waals surface area contributed by atoms with E-state index in [1.807, 2.05) is 26.8 Å². The number of carbonyl (C=O) groups is 2. The number of hydrogen-bond donors (Lipinski definition) is 2. The van der Waals surface area contributed by atoms with E-state index in [0.29, 0.717) is 23.6 Å². The number of anilines is 2. The van der Waals surface area contributed by atoms with Crippen LogP contribution in [0.1, 0.15) is 36.2 Å². The molecule has 24 heavy (non-hydrogen) atoms. The molecule has 4 nitrogen and oxygen atoms in total. The smallest absolute Gasteiger partial charge is 0.255 e. The third kappa shape index (κ3) is 5.20. The summed E-state index contributed by atoms with van der Waals surface area (Å²) < 4.78 is 0.901. The first-order valence-electron chi connectivity index (χ1n) is 7.82. The number of rotatable bonds is 5. The number of amides is 2. The van der Waals surface area contributed by atoms with E-state index in [-0.39, 0.29) is 11.8 Å². The highest BCUT2D eigenvalue weighted by molar-refractivity contribution is 9.10. The lowest BCUT2D eigenvalue weighted by Crippen LogP contribution is -2.14. The van der Waals surface area contributed by atoms with Crippen molar-refractivity contribution in [2.75, 3.05) is 10.6 Å². The van der Waals surface area contributed by atoms with Gasteiger partial charge in [-0.25, -0.2) is 0 Å². The van der Waals surface area contributed by atoms with Crippen LogP contribution >= 0.6 is 15.9 Å². The maximum Gasteiger partial charge on any atom is 0.255 e. The van der Waals surface area contributed by atoms with Crippen molar-refractivity contribution in [1.82, 2.24) is 0 Å². The van der Waals surface area contributed by atoms with E-state index >= 15 is 0 Å². The van der Waals surface area contributed by atoms with Crippen molar-refractivity contribution in [3.8, 4) is 0 Å². The van der Waals surface area contributed by atoms with Gasteiger partial charge in [0.05, 0.1) is 0 Å². The minimum atomic E-state index is -0.174. The Labute approximate surface area is 150 Å². The van der Waals surface area contributed by atoms with Gasteiger partial charge in [0.15, 0.2) is 0 Å². The van der Waals surface area contributed by atoms with Gasteiger partial charge in [-0.2, -0.15) is 0 Å². The van der Waals surface area contributed by atoms with Gasteiger partial charge < -0.3 is 10.6 Å². The van der Waals surface area contributed by atoms with Crippen LogP contribution in [0.15, 0.2) is 46.9 Å². The summed E-state index contributed by atoms with van der Waals surface area (Å²) in [5, 5.41) is 5.69. The molecule has 2 aromatic carbocycles. The van der Waals surface area contributed by atoms with Crippen molar-refractivity contribution in [3.05, 3.63) is 58.1 Å². The predicted molar refractivity (Wildman–Crippen MR) is 101 cm³/mol. The fraction of sp³-hybridized carbons (Fsp3) is 0.263. The first kappa shape index (κ1) is 18.2. The molecule has 0 spiro atoms. The summed E-state index contributed by atoms with van der Waals surface area (Å²) in [5.41, 5.74) is 3.06. The van der Waals surface area contributed by atoms with E-state index in [9.17, 15) is 9.59 Å². The Morgan fingerprint density at radius 2 is 1.58 bits per heavy atom. The van der Waals surface area contributed by atoms with Crippen LogP contribution in [-0.4, -0.2) is 11.8 Å². The van der Waals surface area contributed by atoms with Crippen LogP contribution in [0.3, 0.4) is 0 Å². The van der Waals surface area contributed by atoms with Crippen LogP contribution in [0.25, 0.3) is 0 Å². The fourth-order valence-corrected chi connectivity index (χ4v) is 2.54. The van der Waals surface area contributed by atoms with E-state index in [1.165, 1.54) is 0 Å². The van der Waals surface area contributed by atoms with Crippen LogP contribution < -0.4 is 10.6 Å². The minimum Gasteiger partial charge on any atom is -0.326 e. The van der Waals surface area contributed by atoms with Gasteiger partial charge in [0, 0.05) is 27.8 Å². The summed E-state index contributed by atoms with van der Waals surface area (Å²) in [6.45, 7) is 5.97. The Morgan fingerprint density at radius 1 is 1.00 bits per heavy atom. The number of carbonyl (C=O) groups excluding carboxylic acids is 2. The van der Waals surface area contributed by atoms with Crippen molar-refractivity contribution >= 4 is 39.1 Å². The molecule has 5 heteroatoms. The van der Waals surface area contributed by atoms with Gasteiger partial charge in [-0.15, -0.1) is 0 Å². The summed E-state index contributed by atoms with van der Waals surface area (Å²) in [7, 11) is 0. The highest BCUT2D eigenvalue weighted by Gasteiger charge is 2.09. The van der Waals surface area contributed by atoms with E-state index in [1.54, 1.807) is 36.4 Å². The Balaban J connectivity index is 1.99. The minimum absolute atomic E-state index is 0.00806. The maximum absolute atomic E-state index is 12.3. The molecule has 0 bridgehead atoms. The Bertz CT molecular complexity index is 740. The molecule has 0 heterocycles. The molecule has 0 aliphatic rings. The topological polar surface area (TPSA) is 58.2 Å². The van der Waals surface area contributed by atoms with Gasteiger partial charge in [0.2, 0.25) is 5.91 Å². The van der Waals surface area contributed by atoms with Gasteiger partial charge in [-0.3, -0.25) is 9.59 Å². The van der Waals surface area contributed by atoms with Gasteiger partial charge in [0.1, 0.15) is 0 Å². The van der Waals surface area contributed by atoms with E-state index < -0.39 is 0 Å². The monoisotopic (exact) mass is 388 g/mol. The average Bonchev–Trinajstić information content (AvgIpc) is 2.51. The van der Waals surface area contributed by atoms with Crippen molar-refractivity contribution in [2.45, 2.75) is 27.2 Å². The highest BCUT2D eigenvalue weighted by atomic mass is 79.9. The quantitative estimate of drug-likeness (QED) is 0.757. The first-order valence-corrected chi connectivity index (χ1v) is 8.62. The molecule has 0 unspecified atom stereocenters. The van der Waals surface area contributed by atoms with Crippen LogP contribution in [-0.2, 0) is 4.79 Å². The lowest BCUT2D eigenvalue weighted by Gasteiger charge is -2.09. The van der Waals surface area contributed by atoms with Gasteiger partial charge in [-0.1, -0.05) is 35.8 Å². The van der Waals surface area contributed by atoms with Gasteiger partial charge >= 0.3 is 0 Å². The molecule has 0 saturated heterocycles. The van der Waals surface area contributed by atoms with Gasteiger partial charge in [0.25, 0.3) is 5.91 Å². The summed E-state index contributed by atoms with van der Waals surface area (Å²) in [5.74, 6) is 0.135. The molecule has 126 valence electrons. The fourth-order valence-electron chi connectivity index (χ4n) is 2.16.